The van der Waals surface area contributed by atoms with Gasteiger partial charge in [-0.15, -0.1) is 6.58 Å². The zero-order chi connectivity index (χ0) is 30.4. The van der Waals surface area contributed by atoms with Crippen LogP contribution in [0.3, 0.4) is 0 Å². The predicted octanol–water partition coefficient (Wildman–Crippen LogP) is 7.68. The number of aliphatic hydroxyl groups is 1. The molecule has 1 atom stereocenters. The second kappa shape index (κ2) is 16.7. The number of ether oxygens (including phenoxy) is 1. The Kier molecular flexibility index (Phi) is 13.4. The molecule has 2 aromatic carbocycles. The molecule has 1 aliphatic rings. The van der Waals surface area contributed by atoms with E-state index < -0.39 is 11.6 Å². The van der Waals surface area contributed by atoms with Gasteiger partial charge in [0.2, 0.25) is 0 Å². The highest BCUT2D eigenvalue weighted by molar-refractivity contribution is 5.58. The van der Waals surface area contributed by atoms with Crippen molar-refractivity contribution in [2.24, 2.45) is 0 Å². The van der Waals surface area contributed by atoms with E-state index in [-0.39, 0.29) is 41.0 Å². The van der Waals surface area contributed by atoms with E-state index in [4.69, 9.17) is 9.84 Å². The van der Waals surface area contributed by atoms with Crippen molar-refractivity contribution >= 4 is 5.69 Å². The van der Waals surface area contributed by atoms with Crippen LogP contribution >= 0.6 is 0 Å². The van der Waals surface area contributed by atoms with Gasteiger partial charge in [0.1, 0.15) is 23.1 Å². The van der Waals surface area contributed by atoms with Crippen LogP contribution < -0.4 is 15.6 Å². The summed E-state index contributed by atoms with van der Waals surface area (Å²) in [5.74, 6) is -0.300. The molecule has 0 fully saturated rings. The Bertz CT molecular complexity index is 1440. The van der Waals surface area contributed by atoms with Gasteiger partial charge in [-0.1, -0.05) is 69.7 Å². The van der Waals surface area contributed by atoms with Crippen LogP contribution in [0.5, 0.6) is 5.75 Å². The Balaban J connectivity index is 0.000000902. The smallest absolute Gasteiger partial charge is 0.277 e. The minimum Gasteiger partial charge on any atom is -0.455 e. The zero-order valence-electron chi connectivity index (χ0n) is 24.2. The first kappa shape index (κ1) is 32.9. The largest absolute Gasteiger partial charge is 0.455 e. The number of anilines is 1. The normalized spacial score (nSPS) is 14.9. The number of aliphatic hydroxyl groups excluding tert-OH is 1. The monoisotopic (exact) mass is 563 g/mol. The summed E-state index contributed by atoms with van der Waals surface area (Å²) in [6, 6.07) is 11.5. The van der Waals surface area contributed by atoms with Crippen LogP contribution in [-0.2, 0) is 13.0 Å². The van der Waals surface area contributed by atoms with Crippen molar-refractivity contribution in [2.45, 2.75) is 52.6 Å². The van der Waals surface area contributed by atoms with Gasteiger partial charge < -0.3 is 15.2 Å². The van der Waals surface area contributed by atoms with E-state index in [9.17, 15) is 13.6 Å². The van der Waals surface area contributed by atoms with Crippen molar-refractivity contribution in [3.8, 4) is 17.1 Å². The standard InChI is InChI=1S/C28H25F2N3O2.C4H10.CH4O/c1-4-15-33-27(22-10-6-8-12-24(22)30)31-17-25(28(33)34)32-18(2)20-13-14-26-21(16-20)9-5-7-11-23(29)19(3)35-26;1-3-4-2;1-2/h4-8,10-14,16-18,32H,1,3,9,15H2,2H3;3-4H2,1-2H3;2H,1H3/b7-5-,23-11+;;. The van der Waals surface area contributed by atoms with Crippen LogP contribution in [-0.4, -0.2) is 21.8 Å². The molecule has 2 N–H and O–H groups in total. The first-order valence-corrected chi connectivity index (χ1v) is 13.5. The molecule has 41 heavy (non-hydrogen) atoms. The molecule has 6 nitrogen and oxygen atoms in total. The van der Waals surface area contributed by atoms with Crippen LogP contribution in [0.2, 0.25) is 0 Å². The molecular formula is C33H39F2N3O3. The number of hydrogen-bond donors (Lipinski definition) is 2. The molecule has 0 aliphatic carbocycles. The van der Waals surface area contributed by atoms with Gasteiger partial charge in [0, 0.05) is 19.7 Å². The fourth-order valence-electron chi connectivity index (χ4n) is 3.81. The molecule has 218 valence electrons. The predicted molar refractivity (Wildman–Crippen MR) is 163 cm³/mol. The molecular weight excluding hydrogens is 524 g/mol. The van der Waals surface area contributed by atoms with E-state index in [1.165, 1.54) is 35.7 Å². The van der Waals surface area contributed by atoms with E-state index >= 15 is 0 Å². The molecule has 0 saturated heterocycles. The summed E-state index contributed by atoms with van der Waals surface area (Å²) < 4.78 is 35.3. The Morgan fingerprint density at radius 3 is 2.54 bits per heavy atom. The van der Waals surface area contributed by atoms with Gasteiger partial charge in [0.05, 0.1) is 11.8 Å². The summed E-state index contributed by atoms with van der Waals surface area (Å²) in [7, 11) is 1.00. The van der Waals surface area contributed by atoms with Crippen LogP contribution in [0.4, 0.5) is 14.5 Å². The summed E-state index contributed by atoms with van der Waals surface area (Å²) in [4.78, 5) is 17.6. The SMILES string of the molecule is C=CCn1c(-c2ccccc2F)ncc(NC(C)c2ccc3c(c2)C/C=C\C=C(\F)C(=C)O3)c1=O.CCCC.CO. The highest BCUT2D eigenvalue weighted by atomic mass is 19.1. The van der Waals surface area contributed by atoms with Gasteiger partial charge in [-0.2, -0.15) is 0 Å². The van der Waals surface area contributed by atoms with Crippen LogP contribution in [0, 0.1) is 5.82 Å². The molecule has 8 heteroatoms. The Morgan fingerprint density at radius 2 is 1.88 bits per heavy atom. The average Bonchev–Trinajstić information content (AvgIpc) is 3.05. The van der Waals surface area contributed by atoms with Gasteiger partial charge in [-0.25, -0.2) is 13.8 Å². The molecule has 0 bridgehead atoms. The Hall–Kier alpha value is -4.30. The summed E-state index contributed by atoms with van der Waals surface area (Å²) in [6.45, 7) is 13.8. The van der Waals surface area contributed by atoms with Crippen LogP contribution in [0.25, 0.3) is 11.4 Å². The molecule has 2 heterocycles. The third-order valence-corrected chi connectivity index (χ3v) is 6.15. The van der Waals surface area contributed by atoms with Crippen molar-refractivity contribution in [1.82, 2.24) is 9.55 Å². The van der Waals surface area contributed by atoms with E-state index in [1.54, 1.807) is 36.4 Å². The lowest BCUT2D eigenvalue weighted by Gasteiger charge is -2.19. The molecule has 3 aromatic rings. The molecule has 0 radical (unpaired) electrons. The van der Waals surface area contributed by atoms with Crippen molar-refractivity contribution < 1.29 is 18.6 Å². The van der Waals surface area contributed by atoms with E-state index in [0.717, 1.165) is 18.2 Å². The number of halogens is 2. The Morgan fingerprint density at radius 1 is 1.17 bits per heavy atom. The highest BCUT2D eigenvalue weighted by Crippen LogP contribution is 2.29. The number of rotatable bonds is 7. The number of hydrogen-bond acceptors (Lipinski definition) is 5. The minimum atomic E-state index is -0.532. The lowest BCUT2D eigenvalue weighted by molar-refractivity contribution is 0.399. The summed E-state index contributed by atoms with van der Waals surface area (Å²) in [5.41, 5.74) is 1.93. The topological polar surface area (TPSA) is 76.4 Å². The molecule has 0 saturated carbocycles. The number of nitrogens with zero attached hydrogens (tertiary/aromatic N) is 2. The van der Waals surface area contributed by atoms with Crippen molar-refractivity contribution in [3.05, 3.63) is 125 Å². The summed E-state index contributed by atoms with van der Waals surface area (Å²) in [6.07, 6.45) is 10.9. The quantitative estimate of drug-likeness (QED) is 0.288. The maximum Gasteiger partial charge on any atom is 0.277 e. The number of unbranched alkanes of at least 4 members (excludes halogenated alkanes) is 1. The van der Waals surface area contributed by atoms with Crippen molar-refractivity contribution in [3.63, 3.8) is 0 Å². The van der Waals surface area contributed by atoms with Gasteiger partial charge >= 0.3 is 0 Å². The number of fused-ring (bicyclic) bond motifs is 1. The van der Waals surface area contributed by atoms with E-state index in [1.807, 2.05) is 25.1 Å². The molecule has 1 aromatic heterocycles. The van der Waals surface area contributed by atoms with Gasteiger partial charge in [-0.3, -0.25) is 9.36 Å². The van der Waals surface area contributed by atoms with E-state index in [0.29, 0.717) is 12.2 Å². The number of allylic oxidation sites excluding steroid dienone is 5. The van der Waals surface area contributed by atoms with Crippen molar-refractivity contribution in [1.29, 1.82) is 0 Å². The van der Waals surface area contributed by atoms with Crippen molar-refractivity contribution in [2.75, 3.05) is 12.4 Å². The zero-order valence-corrected chi connectivity index (χ0v) is 24.2. The summed E-state index contributed by atoms with van der Waals surface area (Å²) >= 11 is 0. The van der Waals surface area contributed by atoms with Gasteiger partial charge in [0.15, 0.2) is 11.6 Å². The highest BCUT2D eigenvalue weighted by Gasteiger charge is 2.17. The fourth-order valence-corrected chi connectivity index (χ4v) is 3.81. The third kappa shape index (κ3) is 8.85. The average molecular weight is 564 g/mol. The number of nitrogens with one attached hydrogen (secondary N) is 1. The molecule has 0 amide bonds. The maximum absolute atomic E-state index is 14.4. The minimum absolute atomic E-state index is 0.0551. The second-order valence-corrected chi connectivity index (χ2v) is 9.09. The first-order valence-electron chi connectivity index (χ1n) is 13.5. The molecule has 1 aliphatic heterocycles. The number of benzene rings is 2. The lowest BCUT2D eigenvalue weighted by atomic mass is 10.0. The van der Waals surface area contributed by atoms with Gasteiger partial charge in [0.25, 0.3) is 5.56 Å². The Labute approximate surface area is 241 Å². The molecule has 1 unspecified atom stereocenters. The molecule has 0 spiro atoms. The summed E-state index contributed by atoms with van der Waals surface area (Å²) in [5, 5.41) is 10.2. The van der Waals surface area contributed by atoms with Gasteiger partial charge in [-0.05, 0) is 54.8 Å². The van der Waals surface area contributed by atoms with Crippen LogP contribution in [0.15, 0.2) is 103 Å². The second-order valence-electron chi connectivity index (χ2n) is 9.09. The molecule has 4 rings (SSSR count). The van der Waals surface area contributed by atoms with Crippen LogP contribution in [0.1, 0.15) is 50.8 Å². The maximum atomic E-state index is 14.4. The number of aromatic nitrogens is 2. The van der Waals surface area contributed by atoms with E-state index in [2.05, 4.69) is 37.3 Å². The first-order chi connectivity index (χ1) is 19.8. The fraction of sp³-hybridized carbons (Fsp3) is 0.273. The third-order valence-electron chi connectivity index (χ3n) is 6.15. The lowest BCUT2D eigenvalue weighted by Crippen LogP contribution is -2.26.